The van der Waals surface area contributed by atoms with Crippen molar-refractivity contribution in [3.63, 3.8) is 0 Å². The van der Waals surface area contributed by atoms with Crippen LogP contribution in [-0.4, -0.2) is 34.2 Å². The Morgan fingerprint density at radius 2 is 2.16 bits per heavy atom. The molecule has 0 bridgehead atoms. The van der Waals surface area contributed by atoms with Crippen LogP contribution in [0, 0.1) is 18.8 Å². The Balaban J connectivity index is 1.63. The normalized spacial score (nSPS) is 26.2. The summed E-state index contributed by atoms with van der Waals surface area (Å²) >= 11 is 0. The molecule has 2 heterocycles. The molecule has 0 radical (unpaired) electrons. The van der Waals surface area contributed by atoms with E-state index in [0.29, 0.717) is 29.6 Å². The van der Waals surface area contributed by atoms with Crippen LogP contribution in [0.1, 0.15) is 31.2 Å². The molecule has 1 fully saturated rings. The predicted molar refractivity (Wildman–Crippen MR) is 69.3 cm³/mol. The average molecular weight is 261 g/mol. The van der Waals surface area contributed by atoms with Crippen molar-refractivity contribution in [2.75, 3.05) is 13.1 Å². The van der Waals surface area contributed by atoms with Crippen LogP contribution in [0.15, 0.2) is 16.3 Å². The van der Waals surface area contributed by atoms with Gasteiger partial charge in [-0.25, -0.2) is 4.63 Å². The van der Waals surface area contributed by atoms with Gasteiger partial charge in [0, 0.05) is 13.1 Å². The molecule has 2 aliphatic rings. The molecule has 0 aromatic carbocycles. The summed E-state index contributed by atoms with van der Waals surface area (Å²) < 4.78 is 4.64. The van der Waals surface area contributed by atoms with E-state index in [9.17, 15) is 4.79 Å². The number of hydrogen-bond acceptors (Lipinski definition) is 4. The van der Waals surface area contributed by atoms with Gasteiger partial charge in [0.2, 0.25) is 5.91 Å². The van der Waals surface area contributed by atoms with Gasteiger partial charge in [-0.3, -0.25) is 4.79 Å². The van der Waals surface area contributed by atoms with E-state index >= 15 is 0 Å². The molecule has 0 spiro atoms. The van der Waals surface area contributed by atoms with Crippen LogP contribution in [-0.2, 0) is 11.2 Å². The first-order valence-electron chi connectivity index (χ1n) is 6.85. The fourth-order valence-corrected chi connectivity index (χ4v) is 3.16. The predicted octanol–water partition coefficient (Wildman–Crippen LogP) is 1.74. The summed E-state index contributed by atoms with van der Waals surface area (Å²) in [4.78, 5) is 14.3. The van der Waals surface area contributed by atoms with Gasteiger partial charge in [-0.2, -0.15) is 0 Å². The number of aromatic nitrogens is 2. The summed E-state index contributed by atoms with van der Waals surface area (Å²) in [5.74, 6) is 1.43. The van der Waals surface area contributed by atoms with Crippen molar-refractivity contribution in [2.24, 2.45) is 11.8 Å². The van der Waals surface area contributed by atoms with E-state index in [1.807, 2.05) is 11.8 Å². The Kier molecular flexibility index (Phi) is 3.12. The number of carbonyl (C=O) groups is 1. The van der Waals surface area contributed by atoms with Crippen LogP contribution in [0.3, 0.4) is 0 Å². The fraction of sp³-hybridized carbons (Fsp3) is 0.643. The first-order chi connectivity index (χ1) is 9.13. The van der Waals surface area contributed by atoms with Gasteiger partial charge in [0.15, 0.2) is 0 Å². The second-order valence-corrected chi connectivity index (χ2v) is 5.78. The zero-order valence-corrected chi connectivity index (χ0v) is 11.4. The molecular formula is C14H19N3O2. The molecule has 1 saturated heterocycles. The number of amides is 1. The molecule has 102 valence electrons. The standard InChI is InChI=1S/C14H19N3O2/c1-9-3-4-11-7-17(8-12(11)5-9)14(18)6-13-10(2)15-19-16-13/h3,11-12H,4-8H2,1-2H3/t11-,12+/m0/s1. The van der Waals surface area contributed by atoms with Gasteiger partial charge >= 0.3 is 0 Å². The Morgan fingerprint density at radius 3 is 2.89 bits per heavy atom. The highest BCUT2D eigenvalue weighted by molar-refractivity contribution is 5.78. The summed E-state index contributed by atoms with van der Waals surface area (Å²) in [6, 6.07) is 0. The Labute approximate surface area is 112 Å². The molecule has 1 aliphatic heterocycles. The maximum atomic E-state index is 12.3. The largest absolute Gasteiger partial charge is 0.342 e. The number of rotatable bonds is 2. The molecule has 0 N–H and O–H groups in total. The van der Waals surface area contributed by atoms with E-state index in [-0.39, 0.29) is 5.91 Å². The van der Waals surface area contributed by atoms with Gasteiger partial charge in [-0.05, 0) is 38.5 Å². The van der Waals surface area contributed by atoms with Crippen LogP contribution in [0.2, 0.25) is 0 Å². The van der Waals surface area contributed by atoms with E-state index in [0.717, 1.165) is 25.9 Å². The van der Waals surface area contributed by atoms with Gasteiger partial charge in [0.1, 0.15) is 11.4 Å². The van der Waals surface area contributed by atoms with Crippen LogP contribution >= 0.6 is 0 Å². The Morgan fingerprint density at radius 1 is 1.37 bits per heavy atom. The van der Waals surface area contributed by atoms with Crippen LogP contribution in [0.5, 0.6) is 0 Å². The maximum Gasteiger partial charge on any atom is 0.228 e. The van der Waals surface area contributed by atoms with Gasteiger partial charge in [0.05, 0.1) is 6.42 Å². The topological polar surface area (TPSA) is 59.2 Å². The highest BCUT2D eigenvalue weighted by Crippen LogP contribution is 2.35. The van der Waals surface area contributed by atoms with Crippen molar-refractivity contribution >= 4 is 5.91 Å². The zero-order valence-electron chi connectivity index (χ0n) is 11.4. The lowest BCUT2D eigenvalue weighted by Crippen LogP contribution is -2.30. The molecular weight excluding hydrogens is 242 g/mol. The van der Waals surface area contributed by atoms with Crippen molar-refractivity contribution < 1.29 is 9.42 Å². The van der Waals surface area contributed by atoms with Crippen LogP contribution in [0.25, 0.3) is 0 Å². The second-order valence-electron chi connectivity index (χ2n) is 5.78. The quantitative estimate of drug-likeness (QED) is 0.761. The van der Waals surface area contributed by atoms with Gasteiger partial charge < -0.3 is 4.90 Å². The minimum atomic E-state index is 0.144. The summed E-state index contributed by atoms with van der Waals surface area (Å²) in [7, 11) is 0. The molecule has 2 atom stereocenters. The molecule has 1 aromatic rings. The average Bonchev–Trinajstić information content (AvgIpc) is 2.96. The highest BCUT2D eigenvalue weighted by Gasteiger charge is 2.36. The third-order valence-electron chi connectivity index (χ3n) is 4.35. The van der Waals surface area contributed by atoms with Crippen molar-refractivity contribution in [1.29, 1.82) is 0 Å². The molecule has 5 heteroatoms. The number of allylic oxidation sites excluding steroid dienone is 2. The first kappa shape index (κ1) is 12.4. The minimum Gasteiger partial charge on any atom is -0.342 e. The van der Waals surface area contributed by atoms with E-state index < -0.39 is 0 Å². The summed E-state index contributed by atoms with van der Waals surface area (Å²) in [6.45, 7) is 5.78. The molecule has 3 rings (SSSR count). The lowest BCUT2D eigenvalue weighted by atomic mass is 9.83. The van der Waals surface area contributed by atoms with E-state index in [4.69, 9.17) is 0 Å². The Bertz CT molecular complexity index is 521. The monoisotopic (exact) mass is 261 g/mol. The fourth-order valence-electron chi connectivity index (χ4n) is 3.16. The molecule has 0 unspecified atom stereocenters. The van der Waals surface area contributed by atoms with Gasteiger partial charge in [0.25, 0.3) is 0 Å². The first-order valence-corrected chi connectivity index (χ1v) is 6.85. The summed E-state index contributed by atoms with van der Waals surface area (Å²) in [5.41, 5.74) is 2.84. The summed E-state index contributed by atoms with van der Waals surface area (Å²) in [6.07, 6.45) is 4.88. The molecule has 19 heavy (non-hydrogen) atoms. The molecule has 1 aliphatic carbocycles. The molecule has 0 saturated carbocycles. The zero-order chi connectivity index (χ0) is 13.4. The number of hydrogen-bond donors (Lipinski definition) is 0. The SMILES string of the molecule is CC1=CC[C@H]2CN(C(=O)Cc3nonc3C)C[C@H]2C1. The summed E-state index contributed by atoms with van der Waals surface area (Å²) in [5, 5.41) is 7.50. The molecule has 5 nitrogen and oxygen atoms in total. The van der Waals surface area contributed by atoms with Gasteiger partial charge in [-0.1, -0.05) is 22.0 Å². The third-order valence-corrected chi connectivity index (χ3v) is 4.35. The van der Waals surface area contributed by atoms with Crippen LogP contribution < -0.4 is 0 Å². The third kappa shape index (κ3) is 2.41. The number of nitrogens with zero attached hydrogens (tertiary/aromatic N) is 3. The van der Waals surface area contributed by atoms with Crippen molar-refractivity contribution in [3.05, 3.63) is 23.0 Å². The number of carbonyl (C=O) groups excluding carboxylic acids is 1. The van der Waals surface area contributed by atoms with Gasteiger partial charge in [-0.15, -0.1) is 0 Å². The Hall–Kier alpha value is -1.65. The lowest BCUT2D eigenvalue weighted by molar-refractivity contribution is -0.129. The van der Waals surface area contributed by atoms with E-state index in [1.54, 1.807) is 0 Å². The minimum absolute atomic E-state index is 0.144. The molecule has 1 aromatic heterocycles. The maximum absolute atomic E-state index is 12.3. The number of aryl methyl sites for hydroxylation is 1. The lowest BCUT2D eigenvalue weighted by Gasteiger charge is -2.21. The number of fused-ring (bicyclic) bond motifs is 1. The smallest absolute Gasteiger partial charge is 0.228 e. The van der Waals surface area contributed by atoms with Crippen molar-refractivity contribution in [1.82, 2.24) is 15.2 Å². The van der Waals surface area contributed by atoms with Crippen molar-refractivity contribution in [2.45, 2.75) is 33.1 Å². The second kappa shape index (κ2) is 4.79. The van der Waals surface area contributed by atoms with E-state index in [1.165, 1.54) is 5.57 Å². The number of likely N-dealkylation sites (tertiary alicyclic amines) is 1. The molecule has 1 amide bonds. The van der Waals surface area contributed by atoms with Crippen molar-refractivity contribution in [3.8, 4) is 0 Å². The highest BCUT2D eigenvalue weighted by atomic mass is 16.6. The van der Waals surface area contributed by atoms with E-state index in [2.05, 4.69) is 27.9 Å². The van der Waals surface area contributed by atoms with Crippen LogP contribution in [0.4, 0.5) is 0 Å².